The number of aromatic nitrogens is 1. The normalized spacial score (nSPS) is 41.6. The second-order valence-corrected chi connectivity index (χ2v) is 7.63. The van der Waals surface area contributed by atoms with Gasteiger partial charge in [-0.15, -0.1) is 0 Å². The van der Waals surface area contributed by atoms with Gasteiger partial charge in [-0.2, -0.15) is 0 Å². The quantitative estimate of drug-likeness (QED) is 0.911. The average molecular weight is 270 g/mol. The molecular weight excluding hydrogens is 244 g/mol. The molecule has 4 fully saturated rings. The van der Waals surface area contributed by atoms with Crippen molar-refractivity contribution in [3.63, 3.8) is 0 Å². The van der Waals surface area contributed by atoms with Crippen LogP contribution in [0.2, 0.25) is 0 Å². The summed E-state index contributed by atoms with van der Waals surface area (Å²) in [6.45, 7) is 2.28. The van der Waals surface area contributed by atoms with Crippen molar-refractivity contribution in [2.24, 2.45) is 35.3 Å². The van der Waals surface area contributed by atoms with Crippen molar-refractivity contribution < 1.29 is 0 Å². The average Bonchev–Trinajstić information content (AvgIpc) is 2.46. The number of pyridine rings is 1. The Morgan fingerprint density at radius 2 is 1.70 bits per heavy atom. The first-order valence-corrected chi connectivity index (χ1v) is 8.39. The summed E-state index contributed by atoms with van der Waals surface area (Å²) in [7, 11) is 0. The molecule has 2 unspecified atom stereocenters. The summed E-state index contributed by atoms with van der Waals surface area (Å²) in [6, 6.07) is 6.51. The maximum absolute atomic E-state index is 6.73. The van der Waals surface area contributed by atoms with E-state index in [0.29, 0.717) is 12.0 Å². The maximum atomic E-state index is 6.73. The summed E-state index contributed by atoms with van der Waals surface area (Å²) in [5.41, 5.74) is 7.91. The minimum Gasteiger partial charge on any atom is -0.327 e. The zero-order chi connectivity index (χ0) is 13.7. The van der Waals surface area contributed by atoms with Crippen LogP contribution in [0.15, 0.2) is 24.4 Å². The predicted molar refractivity (Wildman–Crippen MR) is 81.2 cm³/mol. The summed E-state index contributed by atoms with van der Waals surface area (Å²) < 4.78 is 0. The second kappa shape index (κ2) is 4.84. The van der Waals surface area contributed by atoms with E-state index in [1.165, 1.54) is 37.8 Å². The van der Waals surface area contributed by atoms with Gasteiger partial charge >= 0.3 is 0 Å². The number of nitrogens with zero attached hydrogens (tertiary/aromatic N) is 1. The minimum absolute atomic E-state index is 0.292. The van der Waals surface area contributed by atoms with Crippen LogP contribution in [0.25, 0.3) is 0 Å². The van der Waals surface area contributed by atoms with E-state index < -0.39 is 0 Å². The van der Waals surface area contributed by atoms with Crippen LogP contribution in [0, 0.1) is 29.6 Å². The molecule has 0 radical (unpaired) electrons. The monoisotopic (exact) mass is 270 g/mol. The highest BCUT2D eigenvalue weighted by atomic mass is 14.8. The lowest BCUT2D eigenvalue weighted by Gasteiger charge is -2.56. The van der Waals surface area contributed by atoms with Crippen LogP contribution in [0.1, 0.15) is 50.6 Å². The van der Waals surface area contributed by atoms with Crippen LogP contribution in [0.4, 0.5) is 0 Å². The summed E-state index contributed by atoms with van der Waals surface area (Å²) in [5.74, 6) is 5.02. The topological polar surface area (TPSA) is 38.9 Å². The number of hydrogen-bond donors (Lipinski definition) is 1. The molecule has 1 heterocycles. The molecule has 4 saturated carbocycles. The minimum atomic E-state index is 0.292. The molecule has 2 heteroatoms. The summed E-state index contributed by atoms with van der Waals surface area (Å²) >= 11 is 0. The molecule has 5 rings (SSSR count). The van der Waals surface area contributed by atoms with E-state index >= 15 is 0 Å². The van der Waals surface area contributed by atoms with Gasteiger partial charge in [0.1, 0.15) is 0 Å². The molecule has 0 spiro atoms. The Morgan fingerprint density at radius 1 is 1.05 bits per heavy atom. The molecule has 2 N–H and O–H groups in total. The molecule has 108 valence electrons. The van der Waals surface area contributed by atoms with Crippen molar-refractivity contribution in [3.8, 4) is 0 Å². The fourth-order valence-corrected chi connectivity index (χ4v) is 5.77. The number of nitrogens with two attached hydrogens (primary N) is 1. The van der Waals surface area contributed by atoms with Gasteiger partial charge in [0, 0.05) is 23.9 Å². The molecule has 0 aliphatic heterocycles. The molecular formula is C18H26N2. The molecule has 4 bridgehead atoms. The molecule has 4 aliphatic carbocycles. The van der Waals surface area contributed by atoms with Crippen LogP contribution in [0.5, 0.6) is 0 Å². The van der Waals surface area contributed by atoms with Crippen molar-refractivity contribution in [1.82, 2.24) is 4.98 Å². The van der Waals surface area contributed by atoms with Gasteiger partial charge in [0.05, 0.1) is 0 Å². The lowest BCUT2D eigenvalue weighted by Crippen LogP contribution is -2.53. The van der Waals surface area contributed by atoms with Crippen LogP contribution in [-0.2, 0) is 0 Å². The first-order chi connectivity index (χ1) is 9.72. The Bertz CT molecular complexity index is 442. The molecule has 20 heavy (non-hydrogen) atoms. The number of hydrogen-bond acceptors (Lipinski definition) is 2. The van der Waals surface area contributed by atoms with E-state index in [1.807, 2.05) is 12.3 Å². The third-order valence-electron chi connectivity index (χ3n) is 6.48. The van der Waals surface area contributed by atoms with Gasteiger partial charge in [-0.25, -0.2) is 0 Å². The van der Waals surface area contributed by atoms with E-state index in [9.17, 15) is 0 Å². The van der Waals surface area contributed by atoms with Crippen LogP contribution >= 0.6 is 0 Å². The van der Waals surface area contributed by atoms with Crippen LogP contribution in [-0.4, -0.2) is 11.0 Å². The Hall–Kier alpha value is -0.890. The molecule has 0 saturated heterocycles. The van der Waals surface area contributed by atoms with Gasteiger partial charge in [0.25, 0.3) is 0 Å². The summed E-state index contributed by atoms with van der Waals surface area (Å²) in [6.07, 6.45) is 9.25. The molecule has 0 aromatic carbocycles. The van der Waals surface area contributed by atoms with E-state index in [2.05, 4.69) is 24.0 Å². The fourth-order valence-electron chi connectivity index (χ4n) is 5.77. The molecule has 4 aliphatic rings. The molecule has 2 atom stereocenters. The second-order valence-electron chi connectivity index (χ2n) is 7.63. The van der Waals surface area contributed by atoms with E-state index in [4.69, 9.17) is 5.73 Å². The molecule has 0 amide bonds. The standard InChI is InChI=1S/C18H26N2/c1-11(16-4-2-3-5-20-16)18(19)17-14-7-12-6-13(9-14)10-15(17)8-12/h2-5,11-15,17-18H,6-10,19H2,1H3. The first kappa shape index (κ1) is 12.8. The lowest BCUT2D eigenvalue weighted by atomic mass is 9.50. The SMILES string of the molecule is CC(c1ccccn1)C(N)C1C2CC3CC(C2)CC1C3. The molecule has 2 nitrogen and oxygen atoms in total. The smallest absolute Gasteiger partial charge is 0.0447 e. The van der Waals surface area contributed by atoms with Gasteiger partial charge in [0.15, 0.2) is 0 Å². The Balaban J connectivity index is 1.55. The third kappa shape index (κ3) is 2.00. The highest BCUT2D eigenvalue weighted by Gasteiger charge is 2.50. The van der Waals surface area contributed by atoms with E-state index in [1.54, 1.807) is 0 Å². The van der Waals surface area contributed by atoms with E-state index in [0.717, 1.165) is 29.6 Å². The maximum Gasteiger partial charge on any atom is 0.0447 e. The zero-order valence-corrected chi connectivity index (χ0v) is 12.4. The van der Waals surface area contributed by atoms with Crippen LogP contribution in [0.3, 0.4) is 0 Å². The Kier molecular flexibility index (Phi) is 3.10. The van der Waals surface area contributed by atoms with Crippen molar-refractivity contribution in [2.75, 3.05) is 0 Å². The fraction of sp³-hybridized carbons (Fsp3) is 0.722. The van der Waals surface area contributed by atoms with Gasteiger partial charge < -0.3 is 5.73 Å². The van der Waals surface area contributed by atoms with Crippen LogP contribution < -0.4 is 5.73 Å². The number of rotatable bonds is 3. The van der Waals surface area contributed by atoms with Gasteiger partial charge in [-0.05, 0) is 73.8 Å². The van der Waals surface area contributed by atoms with Gasteiger partial charge in [0.2, 0.25) is 0 Å². The third-order valence-corrected chi connectivity index (χ3v) is 6.48. The summed E-state index contributed by atoms with van der Waals surface area (Å²) in [5, 5.41) is 0. The van der Waals surface area contributed by atoms with Crippen molar-refractivity contribution in [3.05, 3.63) is 30.1 Å². The predicted octanol–water partition coefficient (Wildman–Crippen LogP) is 3.58. The highest BCUT2D eigenvalue weighted by Crippen LogP contribution is 2.57. The zero-order valence-electron chi connectivity index (χ0n) is 12.4. The van der Waals surface area contributed by atoms with E-state index in [-0.39, 0.29) is 0 Å². The van der Waals surface area contributed by atoms with Crippen molar-refractivity contribution in [2.45, 2.75) is 51.0 Å². The van der Waals surface area contributed by atoms with Crippen molar-refractivity contribution in [1.29, 1.82) is 0 Å². The van der Waals surface area contributed by atoms with Gasteiger partial charge in [-0.1, -0.05) is 13.0 Å². The summed E-state index contributed by atoms with van der Waals surface area (Å²) in [4.78, 5) is 4.53. The highest BCUT2D eigenvalue weighted by molar-refractivity contribution is 5.13. The Labute approximate surface area is 122 Å². The lowest BCUT2D eigenvalue weighted by molar-refractivity contribution is -0.0494. The van der Waals surface area contributed by atoms with Gasteiger partial charge in [-0.3, -0.25) is 4.98 Å². The largest absolute Gasteiger partial charge is 0.327 e. The molecule has 1 aromatic heterocycles. The molecule has 1 aromatic rings. The van der Waals surface area contributed by atoms with Crippen molar-refractivity contribution >= 4 is 0 Å². The first-order valence-electron chi connectivity index (χ1n) is 8.39. The Morgan fingerprint density at radius 3 is 2.25 bits per heavy atom.